The second-order valence-electron chi connectivity index (χ2n) is 9.07. The maximum absolute atomic E-state index is 6.09. The van der Waals surface area contributed by atoms with Gasteiger partial charge in [-0.3, -0.25) is 4.99 Å². The first kappa shape index (κ1) is 25.6. The minimum Gasteiger partial charge on any atom is -0.383 e. The van der Waals surface area contributed by atoms with Gasteiger partial charge in [-0.15, -0.1) is 0 Å². The zero-order valence-corrected chi connectivity index (χ0v) is 21.6. The summed E-state index contributed by atoms with van der Waals surface area (Å²) in [5, 5.41) is 9.04. The smallest absolute Gasteiger partial charge is 0.131 e. The molecule has 2 aromatic heterocycles. The summed E-state index contributed by atoms with van der Waals surface area (Å²) in [5.41, 5.74) is 12.9. The molecule has 2 heterocycles. The molecule has 0 aliphatic rings. The van der Waals surface area contributed by atoms with Crippen molar-refractivity contribution in [1.82, 2.24) is 15.0 Å². The highest BCUT2D eigenvalue weighted by molar-refractivity contribution is 5.94. The quantitative estimate of drug-likeness (QED) is 0.177. The summed E-state index contributed by atoms with van der Waals surface area (Å²) in [4.78, 5) is 17.1. The molecule has 7 nitrogen and oxygen atoms in total. The van der Waals surface area contributed by atoms with E-state index in [1.165, 1.54) is 16.7 Å². The van der Waals surface area contributed by atoms with E-state index in [1.54, 1.807) is 18.6 Å². The van der Waals surface area contributed by atoms with Crippen molar-refractivity contribution in [3.63, 3.8) is 0 Å². The molecular weight excluding hydrogens is 458 g/mol. The number of nitrogen functional groups attached to an aromatic ring is 1. The van der Waals surface area contributed by atoms with Crippen LogP contribution in [0.5, 0.6) is 0 Å². The number of pyridine rings is 1. The number of aromatic nitrogens is 3. The number of hydrogen-bond donors (Lipinski definition) is 3. The number of nitrogens with one attached hydrogen (secondary N) is 2. The molecule has 7 heteroatoms. The largest absolute Gasteiger partial charge is 0.383 e. The lowest BCUT2D eigenvalue weighted by Gasteiger charge is -2.17. The van der Waals surface area contributed by atoms with Gasteiger partial charge < -0.3 is 16.4 Å². The van der Waals surface area contributed by atoms with Gasteiger partial charge in [0.05, 0.1) is 0 Å². The highest BCUT2D eigenvalue weighted by Gasteiger charge is 2.11. The lowest BCUT2D eigenvalue weighted by Crippen LogP contribution is -2.10. The maximum atomic E-state index is 6.09. The summed E-state index contributed by atoms with van der Waals surface area (Å²) in [6.45, 7) is 14.3. The Kier molecular flexibility index (Phi) is 7.93. The summed E-state index contributed by atoms with van der Waals surface area (Å²) in [5.74, 6) is 2.07. The van der Waals surface area contributed by atoms with Gasteiger partial charge in [-0.05, 0) is 78.9 Å². The highest BCUT2D eigenvalue weighted by Crippen LogP contribution is 2.28. The normalized spacial score (nSPS) is 12.2. The van der Waals surface area contributed by atoms with E-state index < -0.39 is 0 Å². The number of aliphatic imine (C=N–C) groups is 1. The minimum atomic E-state index is 0.0709. The van der Waals surface area contributed by atoms with E-state index in [-0.39, 0.29) is 6.04 Å². The van der Waals surface area contributed by atoms with Crippen molar-refractivity contribution in [3.8, 4) is 0 Å². The molecule has 0 radical (unpaired) electrons. The first-order valence-electron chi connectivity index (χ1n) is 12.2. The van der Waals surface area contributed by atoms with E-state index in [1.807, 2.05) is 18.2 Å². The minimum absolute atomic E-state index is 0.0709. The molecule has 0 saturated heterocycles. The Balaban J connectivity index is 1.43. The Bertz CT molecular complexity index is 1460. The molecule has 1 atom stereocenters. The standard InChI is InChI=1S/C30H33N7/c1-6-7-24(32-5)15-22-8-10-23(11-9-22)21(4)37-29-16-28(35-18-36-29)34-17-27-19(2)14-26-25(20(27)3)12-13-33-30(26)31/h6-14,16,18,21H,1,5,15,17H2,2-4H3,(H2,31,33)(H2,34,35,36,37)/b24-7-. The molecule has 0 spiro atoms. The first-order chi connectivity index (χ1) is 17.9. The van der Waals surface area contributed by atoms with E-state index in [4.69, 9.17) is 5.73 Å². The number of fused-ring (bicyclic) bond motifs is 1. The molecule has 37 heavy (non-hydrogen) atoms. The molecule has 0 amide bonds. The molecule has 4 rings (SSSR count). The fourth-order valence-electron chi connectivity index (χ4n) is 4.46. The highest BCUT2D eigenvalue weighted by atomic mass is 15.1. The van der Waals surface area contributed by atoms with Crippen LogP contribution in [0.3, 0.4) is 0 Å². The van der Waals surface area contributed by atoms with Crippen LogP contribution in [0, 0.1) is 13.8 Å². The predicted molar refractivity (Wildman–Crippen MR) is 155 cm³/mol. The third kappa shape index (κ3) is 6.01. The van der Waals surface area contributed by atoms with Crippen LogP contribution in [0.4, 0.5) is 17.5 Å². The molecule has 0 saturated carbocycles. The number of nitrogens with two attached hydrogens (primary N) is 1. The van der Waals surface area contributed by atoms with Gasteiger partial charge in [-0.2, -0.15) is 0 Å². The van der Waals surface area contributed by atoms with E-state index >= 15 is 0 Å². The number of allylic oxidation sites excluding steroid dienone is 3. The molecule has 4 aromatic rings. The molecule has 2 aromatic carbocycles. The maximum Gasteiger partial charge on any atom is 0.131 e. The molecule has 0 bridgehead atoms. The van der Waals surface area contributed by atoms with Crippen molar-refractivity contribution in [2.24, 2.45) is 4.99 Å². The van der Waals surface area contributed by atoms with E-state index in [0.29, 0.717) is 12.4 Å². The summed E-state index contributed by atoms with van der Waals surface area (Å²) >= 11 is 0. The van der Waals surface area contributed by atoms with Crippen molar-refractivity contribution in [2.45, 2.75) is 39.8 Å². The van der Waals surface area contributed by atoms with Crippen LogP contribution >= 0.6 is 0 Å². The van der Waals surface area contributed by atoms with Crippen molar-refractivity contribution < 1.29 is 0 Å². The van der Waals surface area contributed by atoms with Crippen LogP contribution in [0.2, 0.25) is 0 Å². The van der Waals surface area contributed by atoms with Gasteiger partial charge in [-0.25, -0.2) is 15.0 Å². The Morgan fingerprint density at radius 3 is 2.54 bits per heavy atom. The summed E-state index contributed by atoms with van der Waals surface area (Å²) in [6, 6.07) is 14.6. The molecular formula is C30H33N7. The lowest BCUT2D eigenvalue weighted by molar-refractivity contribution is 0.870. The molecule has 0 aliphatic carbocycles. The SMILES string of the molecule is C=C/C=C(/Cc1ccc(C(C)Nc2cc(NCc3c(C)cc4c(N)nccc4c3C)ncn2)cc1)N=C. The summed E-state index contributed by atoms with van der Waals surface area (Å²) < 4.78 is 0. The summed E-state index contributed by atoms with van der Waals surface area (Å²) in [6.07, 6.45) is 7.65. The van der Waals surface area contributed by atoms with Gasteiger partial charge in [0.1, 0.15) is 23.8 Å². The third-order valence-corrected chi connectivity index (χ3v) is 6.57. The lowest BCUT2D eigenvalue weighted by atomic mass is 9.96. The van der Waals surface area contributed by atoms with Crippen LogP contribution in [-0.2, 0) is 13.0 Å². The molecule has 4 N–H and O–H groups in total. The zero-order valence-electron chi connectivity index (χ0n) is 21.6. The average Bonchev–Trinajstić information content (AvgIpc) is 2.89. The Morgan fingerprint density at radius 2 is 1.81 bits per heavy atom. The van der Waals surface area contributed by atoms with Crippen LogP contribution in [0.25, 0.3) is 10.8 Å². The Morgan fingerprint density at radius 1 is 1.05 bits per heavy atom. The number of aryl methyl sites for hydroxylation is 2. The number of anilines is 3. The van der Waals surface area contributed by atoms with Crippen LogP contribution < -0.4 is 16.4 Å². The predicted octanol–water partition coefficient (Wildman–Crippen LogP) is 6.32. The van der Waals surface area contributed by atoms with Gasteiger partial charge in [0, 0.05) is 42.4 Å². The monoisotopic (exact) mass is 491 g/mol. The average molecular weight is 492 g/mol. The molecule has 0 fully saturated rings. The number of benzene rings is 2. The fourth-order valence-corrected chi connectivity index (χ4v) is 4.46. The van der Waals surface area contributed by atoms with E-state index in [0.717, 1.165) is 45.7 Å². The van der Waals surface area contributed by atoms with Crippen molar-refractivity contribution in [2.75, 3.05) is 16.4 Å². The number of rotatable bonds is 10. The first-order valence-corrected chi connectivity index (χ1v) is 12.2. The summed E-state index contributed by atoms with van der Waals surface area (Å²) in [7, 11) is 0. The molecule has 1 unspecified atom stereocenters. The number of nitrogens with zero attached hydrogens (tertiary/aromatic N) is 4. The van der Waals surface area contributed by atoms with Crippen molar-refractivity contribution in [1.29, 1.82) is 0 Å². The fraction of sp³-hybridized carbons (Fsp3) is 0.200. The van der Waals surface area contributed by atoms with Crippen LogP contribution in [-0.4, -0.2) is 21.7 Å². The molecule has 0 aliphatic heterocycles. The second-order valence-corrected chi connectivity index (χ2v) is 9.07. The molecule has 188 valence electrons. The van der Waals surface area contributed by atoms with Crippen molar-refractivity contribution in [3.05, 3.63) is 107 Å². The van der Waals surface area contributed by atoms with E-state index in [9.17, 15) is 0 Å². The zero-order chi connectivity index (χ0) is 26.4. The van der Waals surface area contributed by atoms with Gasteiger partial charge in [0.15, 0.2) is 0 Å². The van der Waals surface area contributed by atoms with Crippen LogP contribution in [0.1, 0.15) is 40.8 Å². The number of hydrogen-bond acceptors (Lipinski definition) is 7. The van der Waals surface area contributed by atoms with Gasteiger partial charge in [-0.1, -0.05) is 36.9 Å². The van der Waals surface area contributed by atoms with E-state index in [2.05, 4.69) is 95.0 Å². The van der Waals surface area contributed by atoms with Gasteiger partial charge in [0.2, 0.25) is 0 Å². The third-order valence-electron chi connectivity index (χ3n) is 6.57. The topological polar surface area (TPSA) is 101 Å². The van der Waals surface area contributed by atoms with Gasteiger partial charge >= 0.3 is 0 Å². The second kappa shape index (κ2) is 11.5. The van der Waals surface area contributed by atoms with Crippen molar-refractivity contribution >= 4 is 34.9 Å². The Labute approximate surface area is 218 Å². The van der Waals surface area contributed by atoms with Crippen LogP contribution in [0.15, 0.2) is 84.4 Å². The van der Waals surface area contributed by atoms with Gasteiger partial charge in [0.25, 0.3) is 0 Å². The Hall–Kier alpha value is -4.52.